The highest BCUT2D eigenvalue weighted by molar-refractivity contribution is 6.42. The zero-order chi connectivity index (χ0) is 15.1. The molecule has 2 aromatic carbocycles. The van der Waals surface area contributed by atoms with E-state index in [1.54, 1.807) is 30.3 Å². The lowest BCUT2D eigenvalue weighted by atomic mass is 10.1. The highest BCUT2D eigenvalue weighted by Crippen LogP contribution is 2.34. The Bertz CT molecular complexity index is 828. The summed E-state index contributed by atoms with van der Waals surface area (Å²) in [6, 6.07) is 9.98. The van der Waals surface area contributed by atoms with Gasteiger partial charge in [0.05, 0.1) is 21.1 Å². The first-order valence-corrected chi connectivity index (χ1v) is 7.56. The minimum absolute atomic E-state index is 0.446. The summed E-state index contributed by atoms with van der Waals surface area (Å²) in [6.07, 6.45) is 0. The Morgan fingerprint density at radius 2 is 1.62 bits per heavy atom. The molecule has 1 heterocycles. The maximum atomic E-state index is 6.22. The number of nitrogens with two attached hydrogens (primary N) is 1. The Morgan fingerprint density at radius 3 is 2.33 bits per heavy atom. The van der Waals surface area contributed by atoms with Gasteiger partial charge < -0.3 is 10.2 Å². The second kappa shape index (κ2) is 5.71. The molecule has 0 fully saturated rings. The van der Waals surface area contributed by atoms with Gasteiger partial charge in [-0.25, -0.2) is 0 Å². The van der Waals surface area contributed by atoms with Gasteiger partial charge in [0.25, 0.3) is 0 Å². The Balaban J connectivity index is 2.07. The van der Waals surface area contributed by atoms with Crippen molar-refractivity contribution in [2.24, 2.45) is 5.73 Å². The third kappa shape index (κ3) is 2.87. The molecule has 0 aliphatic heterocycles. The smallest absolute Gasteiger partial charge is 0.153 e. The molecule has 6 heteroatoms. The molecule has 0 spiro atoms. The summed E-state index contributed by atoms with van der Waals surface area (Å²) in [5, 5.41) is 2.72. The number of hydrogen-bond acceptors (Lipinski definition) is 2. The summed E-state index contributed by atoms with van der Waals surface area (Å²) < 4.78 is 5.75. The van der Waals surface area contributed by atoms with Crippen molar-refractivity contribution in [2.75, 3.05) is 0 Å². The molecule has 3 aromatic rings. The first-order valence-electron chi connectivity index (χ1n) is 6.04. The third-order valence-electron chi connectivity index (χ3n) is 3.16. The van der Waals surface area contributed by atoms with Gasteiger partial charge in [0.15, 0.2) is 5.58 Å². The minimum atomic E-state index is -0.470. The van der Waals surface area contributed by atoms with E-state index in [-0.39, 0.29) is 0 Å². The number of furan rings is 1. The molecule has 0 bridgehead atoms. The molecule has 0 saturated carbocycles. The van der Waals surface area contributed by atoms with Crippen molar-refractivity contribution in [1.29, 1.82) is 0 Å². The highest BCUT2D eigenvalue weighted by Gasteiger charge is 2.17. The van der Waals surface area contributed by atoms with Crippen LogP contribution in [0.1, 0.15) is 17.4 Å². The molecule has 2 nitrogen and oxygen atoms in total. The Hall–Kier alpha value is -0.900. The summed E-state index contributed by atoms with van der Waals surface area (Å²) in [7, 11) is 0. The number of fused-ring (bicyclic) bond motifs is 1. The highest BCUT2D eigenvalue weighted by atomic mass is 35.5. The molecule has 21 heavy (non-hydrogen) atoms. The van der Waals surface area contributed by atoms with Crippen molar-refractivity contribution in [2.45, 2.75) is 6.04 Å². The summed E-state index contributed by atoms with van der Waals surface area (Å²) in [6.45, 7) is 0. The quantitative estimate of drug-likeness (QED) is 0.600. The third-order valence-corrected chi connectivity index (χ3v) is 4.40. The van der Waals surface area contributed by atoms with Crippen LogP contribution in [-0.4, -0.2) is 0 Å². The summed E-state index contributed by atoms with van der Waals surface area (Å²) >= 11 is 24.0. The Kier molecular flexibility index (Phi) is 4.08. The zero-order valence-corrected chi connectivity index (χ0v) is 13.6. The molecule has 0 amide bonds. The Labute approximate surface area is 141 Å². The standard InChI is InChI=1S/C15H9Cl4NO/c16-9-3-8-5-13(21-15(8)12(19)6-9)14(20)7-1-2-10(17)11(18)4-7/h1-6,14H,20H2. The van der Waals surface area contributed by atoms with Crippen LogP contribution in [-0.2, 0) is 0 Å². The summed E-state index contributed by atoms with van der Waals surface area (Å²) in [5.74, 6) is 0.576. The largest absolute Gasteiger partial charge is 0.457 e. The number of halogens is 4. The van der Waals surface area contributed by atoms with Crippen LogP contribution in [0.25, 0.3) is 11.0 Å². The van der Waals surface area contributed by atoms with E-state index in [1.807, 2.05) is 6.07 Å². The van der Waals surface area contributed by atoms with Crippen LogP contribution in [0.4, 0.5) is 0 Å². The van der Waals surface area contributed by atoms with Gasteiger partial charge in [-0.3, -0.25) is 0 Å². The van der Waals surface area contributed by atoms with Crippen LogP contribution in [0.3, 0.4) is 0 Å². The fourth-order valence-corrected chi connectivity index (χ4v) is 2.97. The first kappa shape index (κ1) is 15.0. The van der Waals surface area contributed by atoms with Gasteiger partial charge in [-0.2, -0.15) is 0 Å². The molecule has 108 valence electrons. The van der Waals surface area contributed by atoms with Gasteiger partial charge >= 0.3 is 0 Å². The molecule has 1 atom stereocenters. The zero-order valence-electron chi connectivity index (χ0n) is 10.5. The topological polar surface area (TPSA) is 39.2 Å². The molecule has 0 radical (unpaired) electrons. The van der Waals surface area contributed by atoms with E-state index in [0.717, 1.165) is 10.9 Å². The van der Waals surface area contributed by atoms with Crippen LogP contribution < -0.4 is 5.73 Å². The molecule has 3 rings (SSSR count). The molecular weight excluding hydrogens is 352 g/mol. The maximum Gasteiger partial charge on any atom is 0.153 e. The normalized spacial score (nSPS) is 12.8. The number of benzene rings is 2. The van der Waals surface area contributed by atoms with Crippen molar-refractivity contribution < 1.29 is 4.42 Å². The van der Waals surface area contributed by atoms with Crippen LogP contribution in [0.15, 0.2) is 40.8 Å². The van der Waals surface area contributed by atoms with Gasteiger partial charge in [-0.05, 0) is 35.9 Å². The van der Waals surface area contributed by atoms with Crippen molar-refractivity contribution in [3.63, 3.8) is 0 Å². The van der Waals surface area contributed by atoms with Crippen LogP contribution in [0.5, 0.6) is 0 Å². The van der Waals surface area contributed by atoms with E-state index in [4.69, 9.17) is 56.6 Å². The van der Waals surface area contributed by atoms with E-state index in [0.29, 0.717) is 31.4 Å². The van der Waals surface area contributed by atoms with Gasteiger partial charge in [0.2, 0.25) is 0 Å². The summed E-state index contributed by atoms with van der Waals surface area (Å²) in [5.41, 5.74) is 7.57. The maximum absolute atomic E-state index is 6.22. The lowest BCUT2D eigenvalue weighted by Crippen LogP contribution is -2.10. The monoisotopic (exact) mass is 359 g/mol. The van der Waals surface area contributed by atoms with Gasteiger partial charge in [-0.1, -0.05) is 52.5 Å². The second-order valence-electron chi connectivity index (χ2n) is 4.61. The van der Waals surface area contributed by atoms with Crippen molar-refractivity contribution in [1.82, 2.24) is 0 Å². The van der Waals surface area contributed by atoms with Gasteiger partial charge in [0, 0.05) is 10.4 Å². The Morgan fingerprint density at radius 1 is 0.857 bits per heavy atom. The van der Waals surface area contributed by atoms with E-state index in [2.05, 4.69) is 0 Å². The number of rotatable bonds is 2. The van der Waals surface area contributed by atoms with Crippen LogP contribution in [0, 0.1) is 0 Å². The SMILES string of the molecule is NC(c1ccc(Cl)c(Cl)c1)c1cc2cc(Cl)cc(Cl)c2o1. The molecular formula is C15H9Cl4NO. The molecule has 1 aromatic heterocycles. The van der Waals surface area contributed by atoms with E-state index in [9.17, 15) is 0 Å². The van der Waals surface area contributed by atoms with Crippen molar-refractivity contribution in [3.8, 4) is 0 Å². The van der Waals surface area contributed by atoms with Crippen LogP contribution in [0.2, 0.25) is 20.1 Å². The predicted octanol–water partition coefficient (Wildman–Crippen LogP) is 6.09. The van der Waals surface area contributed by atoms with E-state index in [1.165, 1.54) is 0 Å². The fraction of sp³-hybridized carbons (Fsp3) is 0.0667. The summed E-state index contributed by atoms with van der Waals surface area (Å²) in [4.78, 5) is 0. The van der Waals surface area contributed by atoms with Gasteiger partial charge in [-0.15, -0.1) is 0 Å². The minimum Gasteiger partial charge on any atom is -0.457 e. The first-order chi connectivity index (χ1) is 9.95. The predicted molar refractivity (Wildman–Crippen MR) is 88.7 cm³/mol. The molecule has 0 aliphatic rings. The molecule has 0 aliphatic carbocycles. The second-order valence-corrected chi connectivity index (χ2v) is 6.26. The average molecular weight is 361 g/mol. The van der Waals surface area contributed by atoms with E-state index < -0.39 is 6.04 Å². The fourth-order valence-electron chi connectivity index (χ4n) is 2.12. The molecule has 2 N–H and O–H groups in total. The lowest BCUT2D eigenvalue weighted by Gasteiger charge is -2.09. The molecule has 0 saturated heterocycles. The van der Waals surface area contributed by atoms with Crippen molar-refractivity contribution in [3.05, 3.63) is 67.8 Å². The van der Waals surface area contributed by atoms with Crippen LogP contribution >= 0.6 is 46.4 Å². The van der Waals surface area contributed by atoms with E-state index >= 15 is 0 Å². The number of hydrogen-bond donors (Lipinski definition) is 1. The average Bonchev–Trinajstić information content (AvgIpc) is 2.85. The van der Waals surface area contributed by atoms with Gasteiger partial charge in [0.1, 0.15) is 5.76 Å². The lowest BCUT2D eigenvalue weighted by molar-refractivity contribution is 0.525. The molecule has 1 unspecified atom stereocenters. The van der Waals surface area contributed by atoms with Crippen molar-refractivity contribution >= 4 is 57.4 Å².